The van der Waals surface area contributed by atoms with Gasteiger partial charge in [-0.05, 0) is 45.7 Å². The number of hydrogen-bond donors (Lipinski definition) is 0. The van der Waals surface area contributed by atoms with E-state index in [0.29, 0.717) is 6.04 Å². The van der Waals surface area contributed by atoms with E-state index >= 15 is 0 Å². The fourth-order valence-corrected chi connectivity index (χ4v) is 1.22. The fraction of sp³-hybridized carbons (Fsp3) is 0.480. The Bertz CT molecular complexity index is 489. The minimum atomic E-state index is 0. The summed E-state index contributed by atoms with van der Waals surface area (Å²) in [6.45, 7) is 16.3. The van der Waals surface area contributed by atoms with Crippen molar-refractivity contribution in [2.75, 3.05) is 27.7 Å². The molecule has 0 N–H and O–H groups in total. The predicted octanol–water partition coefficient (Wildman–Crippen LogP) is 4.99. The van der Waals surface area contributed by atoms with Gasteiger partial charge in [0.15, 0.2) is 0 Å². The summed E-state index contributed by atoms with van der Waals surface area (Å²) in [5.74, 6) is 0. The van der Waals surface area contributed by atoms with Gasteiger partial charge in [-0.25, -0.2) is 0 Å². The first-order valence-electron chi connectivity index (χ1n) is 10.2. The average molecular weight is 1540 g/mol. The molecule has 37 heavy (non-hydrogen) atoms. The summed E-state index contributed by atoms with van der Waals surface area (Å²) >= 11 is 0. The van der Waals surface area contributed by atoms with Crippen LogP contribution in [0, 0.1) is 41.3 Å². The number of carbonyl (C=O) groups excluding carboxylic acids is 2. The molecular weight excluding hydrogens is 1490 g/mol. The van der Waals surface area contributed by atoms with Crippen LogP contribution >= 0.6 is 0 Å². The molecule has 6 nitrogen and oxygen atoms in total. The Hall–Kier alpha value is 2.57. The van der Waals surface area contributed by atoms with Crippen LogP contribution in [-0.2, 0) is 143 Å². The van der Waals surface area contributed by atoms with Crippen molar-refractivity contribution in [1.29, 1.82) is 0 Å². The second-order valence-corrected chi connectivity index (χ2v) is 6.80. The van der Waals surface area contributed by atoms with Gasteiger partial charge in [-0.15, -0.1) is 0 Å². The van der Waals surface area contributed by atoms with Crippen LogP contribution in [0.1, 0.15) is 46.6 Å². The zero-order chi connectivity index (χ0) is 25.2. The van der Waals surface area contributed by atoms with Gasteiger partial charge in [-0.3, -0.25) is 13.1 Å². The first-order chi connectivity index (χ1) is 14.5. The largest absolute Gasteiger partial charge is 0.611 e. The molecule has 0 saturated carbocycles. The number of rotatable bonds is 7. The molecule has 0 saturated heterocycles. The van der Waals surface area contributed by atoms with E-state index in [1.807, 2.05) is 52.4 Å². The van der Waals surface area contributed by atoms with Crippen molar-refractivity contribution in [2.45, 2.75) is 53.6 Å². The summed E-state index contributed by atoms with van der Waals surface area (Å²) in [5, 5.41) is 0. The van der Waals surface area contributed by atoms with Crippen LogP contribution in [-0.4, -0.2) is 59.5 Å². The summed E-state index contributed by atoms with van der Waals surface area (Å²) in [7, 11) is 20.3. The maximum atomic E-state index is 8.12. The molecule has 220 valence electrons. The van der Waals surface area contributed by atoms with Gasteiger partial charge in [-0.1, -0.05) is 57.6 Å². The Morgan fingerprint density at radius 1 is 0.811 bits per heavy atom. The van der Waals surface area contributed by atoms with Crippen molar-refractivity contribution in [3.8, 4) is 0 Å². The maximum Gasteiger partial charge on any atom is 0.373 e. The number of nitrogens with zero attached hydrogens (tertiary/aromatic N) is 4. The Balaban J connectivity index is -0.0000000315. The van der Waals surface area contributed by atoms with E-state index in [-0.39, 0.29) is 133 Å². The fourth-order valence-electron chi connectivity index (χ4n) is 1.22. The molecule has 0 aromatic heterocycles. The van der Waals surface area contributed by atoms with Crippen LogP contribution in [0.15, 0.2) is 30.3 Å². The Kier molecular flexibility index (Phi) is 99.4. The van der Waals surface area contributed by atoms with Crippen LogP contribution in [0.3, 0.4) is 0 Å². The van der Waals surface area contributed by atoms with Crippen molar-refractivity contribution in [3.05, 3.63) is 77.2 Å². The molecule has 0 spiro atoms. The molecule has 0 bridgehead atoms. The number of benzene rings is 1. The van der Waals surface area contributed by atoms with Gasteiger partial charge in [0.05, 0.1) is 0 Å². The number of hydrogen-bond acceptors (Lipinski definition) is 6. The van der Waals surface area contributed by atoms with Crippen LogP contribution in [0.2, 0.25) is 0 Å². The minimum Gasteiger partial charge on any atom is -0.611 e. The van der Waals surface area contributed by atoms with E-state index in [4.69, 9.17) is 9.59 Å². The second-order valence-electron chi connectivity index (χ2n) is 6.80. The molecule has 1 unspecified atom stereocenters. The molecule has 0 aliphatic heterocycles. The smallest absolute Gasteiger partial charge is 0.373 e. The van der Waals surface area contributed by atoms with Crippen molar-refractivity contribution < 1.29 is 136 Å². The summed E-state index contributed by atoms with van der Waals surface area (Å²) in [6, 6.07) is 11.0. The second kappa shape index (κ2) is 54.6. The SMILES string of the molecule is C[CH-]N(C)C.C[CH-]N(C)Cc1ccccc1.O=C=O.[CH2-]N([CH2-])C(C)CC.[CH2-]N([CH2-])CC.[W].[W].[W].[W].[W].[W]. The van der Waals surface area contributed by atoms with E-state index < -0.39 is 0 Å². The van der Waals surface area contributed by atoms with Gasteiger partial charge >= 0.3 is 6.15 Å². The van der Waals surface area contributed by atoms with E-state index in [0.717, 1.165) is 19.5 Å². The Morgan fingerprint density at radius 3 is 1.30 bits per heavy atom. The maximum absolute atomic E-state index is 8.12. The molecular formula is C25H46N4O2W6-6. The van der Waals surface area contributed by atoms with Gasteiger partial charge in [0.1, 0.15) is 0 Å². The molecule has 0 heterocycles. The van der Waals surface area contributed by atoms with Crippen LogP contribution in [0.25, 0.3) is 0 Å². The third kappa shape index (κ3) is 73.1. The molecule has 1 aromatic rings. The predicted molar refractivity (Wildman–Crippen MR) is 132 cm³/mol. The molecule has 0 fully saturated rings. The summed E-state index contributed by atoms with van der Waals surface area (Å²) in [5.41, 5.74) is 1.35. The average Bonchev–Trinajstić information content (AvgIpc) is 2.75. The zero-order valence-electron chi connectivity index (χ0n) is 23.6. The van der Waals surface area contributed by atoms with Crippen molar-refractivity contribution >= 4 is 6.15 Å². The van der Waals surface area contributed by atoms with E-state index in [2.05, 4.69) is 84.8 Å². The monoisotopic (exact) mass is 1540 g/mol. The topological polar surface area (TPSA) is 47.1 Å². The van der Waals surface area contributed by atoms with Crippen molar-refractivity contribution in [2.24, 2.45) is 0 Å². The molecule has 0 amide bonds. The summed E-state index contributed by atoms with van der Waals surface area (Å²) < 4.78 is 0. The molecule has 0 aliphatic carbocycles. The summed E-state index contributed by atoms with van der Waals surface area (Å²) in [6.07, 6.45) is 1.37. The molecule has 1 rings (SSSR count). The molecule has 0 radical (unpaired) electrons. The van der Waals surface area contributed by atoms with Gasteiger partial charge < -0.3 is 47.8 Å². The zero-order valence-corrected chi connectivity index (χ0v) is 41.2. The first kappa shape index (κ1) is 67.3. The van der Waals surface area contributed by atoms with Crippen LogP contribution in [0.5, 0.6) is 0 Å². The van der Waals surface area contributed by atoms with E-state index in [1.165, 1.54) is 5.56 Å². The Morgan fingerprint density at radius 2 is 1.14 bits per heavy atom. The molecule has 0 aliphatic rings. The third-order valence-electron chi connectivity index (χ3n) is 3.89. The quantitative estimate of drug-likeness (QED) is 0.360. The first-order valence-corrected chi connectivity index (χ1v) is 10.2. The van der Waals surface area contributed by atoms with Gasteiger partial charge in [0.2, 0.25) is 0 Å². The van der Waals surface area contributed by atoms with Crippen LogP contribution in [0.4, 0.5) is 0 Å². The summed E-state index contributed by atoms with van der Waals surface area (Å²) in [4.78, 5) is 23.8. The van der Waals surface area contributed by atoms with Crippen molar-refractivity contribution in [1.82, 2.24) is 19.6 Å². The molecule has 1 atom stereocenters. The molecule has 12 heteroatoms. The van der Waals surface area contributed by atoms with Gasteiger partial charge in [0, 0.05) is 126 Å². The van der Waals surface area contributed by atoms with Crippen LogP contribution < -0.4 is 0 Å². The standard InChI is InChI=1S/C10H14N.C6H13N.C4H10N.C4H9N.CO2.6W/c1-3-11(2)9-10-7-5-4-6-8-10;1-5-6(2)7(3)4;2*1-4-5(2)3;2-1-3;;;;;;/h3-8H,9H2,1-2H3;6H,3-5H2,1-2H3;4H,1-3H3;2-4H2,1H3;;;;;;;/q-1;-2;-1;-2;;;;;;;. The van der Waals surface area contributed by atoms with Gasteiger partial charge in [-0.2, -0.15) is 23.4 Å². The van der Waals surface area contributed by atoms with Gasteiger partial charge in [0.25, 0.3) is 0 Å². The normalized spacial score (nSPS) is 8.76. The third-order valence-corrected chi connectivity index (χ3v) is 3.89. The van der Waals surface area contributed by atoms with Crippen molar-refractivity contribution in [3.63, 3.8) is 0 Å². The van der Waals surface area contributed by atoms with E-state index in [9.17, 15) is 0 Å². The van der Waals surface area contributed by atoms with E-state index in [1.54, 1.807) is 9.80 Å². The molecule has 1 aromatic carbocycles. The Labute approximate surface area is 316 Å². The minimum absolute atomic E-state index is 0.